The summed E-state index contributed by atoms with van der Waals surface area (Å²) in [5, 5.41) is 14.5. The van der Waals surface area contributed by atoms with Crippen molar-refractivity contribution in [2.45, 2.75) is 19.5 Å². The third kappa shape index (κ3) is 2.97. The van der Waals surface area contributed by atoms with Crippen molar-refractivity contribution >= 4 is 18.5 Å². The molecule has 1 atom stereocenters. The Morgan fingerprint density at radius 3 is 2.52 bits per heavy atom. The summed E-state index contributed by atoms with van der Waals surface area (Å²) >= 11 is 0. The van der Waals surface area contributed by atoms with Crippen LogP contribution in [0.2, 0.25) is 0 Å². The molecule has 0 fully saturated rings. The van der Waals surface area contributed by atoms with Gasteiger partial charge in [0.25, 0.3) is 0 Å². The summed E-state index contributed by atoms with van der Waals surface area (Å²) < 4.78 is 0. The average Bonchev–Trinajstić information content (AvgIpc) is 2.50. The number of oxime groups is 1. The summed E-state index contributed by atoms with van der Waals surface area (Å²) in [5.74, 6) is 0. The van der Waals surface area contributed by atoms with Gasteiger partial charge in [0.05, 0.1) is 12.3 Å². The lowest BCUT2D eigenvalue weighted by Gasteiger charge is -2.28. The molecule has 21 heavy (non-hydrogen) atoms. The van der Waals surface area contributed by atoms with Gasteiger partial charge in [-0.15, -0.1) is 0 Å². The van der Waals surface area contributed by atoms with Crippen molar-refractivity contribution in [1.82, 2.24) is 4.90 Å². The highest BCUT2D eigenvalue weighted by Crippen LogP contribution is 2.12. The Balaban J connectivity index is 1.95. The molecule has 2 aromatic carbocycles. The van der Waals surface area contributed by atoms with E-state index in [2.05, 4.69) is 65.7 Å². The molecule has 1 aliphatic rings. The minimum Gasteiger partial charge on any atom is -0.411 e. The molecule has 0 saturated heterocycles. The molecule has 0 aliphatic carbocycles. The number of fused-ring (bicyclic) bond motifs is 1. The van der Waals surface area contributed by atoms with E-state index in [0.29, 0.717) is 0 Å². The normalized spacial score (nSPS) is 17.2. The van der Waals surface area contributed by atoms with Crippen molar-refractivity contribution in [3.05, 3.63) is 70.1 Å². The molecule has 0 bridgehead atoms. The first-order chi connectivity index (χ1) is 10.3. The van der Waals surface area contributed by atoms with Gasteiger partial charge in [0.15, 0.2) is 0 Å². The van der Waals surface area contributed by atoms with Gasteiger partial charge in [-0.3, -0.25) is 0 Å². The van der Waals surface area contributed by atoms with Crippen molar-refractivity contribution in [3.63, 3.8) is 0 Å². The van der Waals surface area contributed by atoms with Gasteiger partial charge in [-0.2, -0.15) is 0 Å². The summed E-state index contributed by atoms with van der Waals surface area (Å²) in [4.78, 5) is 2.17. The lowest BCUT2D eigenvalue weighted by Crippen LogP contribution is -2.41. The Bertz CT molecular complexity index is 763. The van der Waals surface area contributed by atoms with Crippen LogP contribution in [0.25, 0.3) is 12.3 Å². The second-order valence-electron chi connectivity index (χ2n) is 5.34. The topological polar surface area (TPSA) is 35.8 Å². The number of hydrogen-bond acceptors (Lipinski definition) is 3. The van der Waals surface area contributed by atoms with E-state index in [1.807, 2.05) is 12.1 Å². The van der Waals surface area contributed by atoms with Crippen LogP contribution in [0.1, 0.15) is 11.1 Å². The van der Waals surface area contributed by atoms with Crippen LogP contribution in [0.4, 0.5) is 0 Å². The van der Waals surface area contributed by atoms with Crippen LogP contribution >= 0.6 is 0 Å². The highest BCUT2D eigenvalue weighted by Gasteiger charge is 2.14. The predicted molar refractivity (Wildman–Crippen MR) is 85.4 cm³/mol. The second kappa shape index (κ2) is 5.83. The van der Waals surface area contributed by atoms with Crippen LogP contribution < -0.4 is 10.4 Å². The van der Waals surface area contributed by atoms with Crippen molar-refractivity contribution in [2.75, 3.05) is 0 Å². The highest BCUT2D eigenvalue weighted by atomic mass is 16.4. The maximum Gasteiger partial charge on any atom is 0.0868 e. The Kier molecular flexibility index (Phi) is 3.73. The van der Waals surface area contributed by atoms with Gasteiger partial charge in [0, 0.05) is 12.7 Å². The molecular weight excluding hydrogens is 260 g/mol. The third-order valence-corrected chi connectivity index (χ3v) is 3.74. The molecule has 0 saturated carbocycles. The van der Waals surface area contributed by atoms with E-state index in [-0.39, 0.29) is 6.04 Å². The molecule has 0 amide bonds. The van der Waals surface area contributed by atoms with E-state index in [9.17, 15) is 0 Å². The molecule has 0 unspecified atom stereocenters. The smallest absolute Gasteiger partial charge is 0.0868 e. The number of aryl methyl sites for hydroxylation is 1. The van der Waals surface area contributed by atoms with Gasteiger partial charge in [0.1, 0.15) is 0 Å². The van der Waals surface area contributed by atoms with Crippen molar-refractivity contribution in [2.24, 2.45) is 5.16 Å². The largest absolute Gasteiger partial charge is 0.411 e. The molecule has 0 spiro atoms. The summed E-state index contributed by atoms with van der Waals surface area (Å²) in [6.45, 7) is 2.86. The van der Waals surface area contributed by atoms with E-state index < -0.39 is 0 Å². The lowest BCUT2D eigenvalue weighted by molar-refractivity contribution is 0.314. The number of hydrogen-bond donors (Lipinski definition) is 1. The SMILES string of the molecule is Cc1ccc(CN2C=c3ccccc3=C[C@@H]2/C=N\O)cc1. The Labute approximate surface area is 124 Å². The van der Waals surface area contributed by atoms with Crippen LogP contribution in [0.5, 0.6) is 0 Å². The Morgan fingerprint density at radius 1 is 1.10 bits per heavy atom. The molecule has 0 aromatic heterocycles. The second-order valence-corrected chi connectivity index (χ2v) is 5.34. The highest BCUT2D eigenvalue weighted by molar-refractivity contribution is 5.75. The van der Waals surface area contributed by atoms with Gasteiger partial charge in [-0.25, -0.2) is 0 Å². The van der Waals surface area contributed by atoms with E-state index in [4.69, 9.17) is 5.21 Å². The monoisotopic (exact) mass is 278 g/mol. The maximum atomic E-state index is 8.90. The van der Waals surface area contributed by atoms with E-state index >= 15 is 0 Å². The number of benzene rings is 2. The molecule has 1 heterocycles. The van der Waals surface area contributed by atoms with Crippen LogP contribution in [-0.2, 0) is 6.54 Å². The number of nitrogens with zero attached hydrogens (tertiary/aromatic N) is 2. The fourth-order valence-corrected chi connectivity index (χ4v) is 2.58. The van der Waals surface area contributed by atoms with Gasteiger partial charge < -0.3 is 10.1 Å². The number of rotatable bonds is 3. The Hall–Kier alpha value is -2.55. The van der Waals surface area contributed by atoms with E-state index in [1.54, 1.807) is 6.21 Å². The quantitative estimate of drug-likeness (QED) is 0.528. The van der Waals surface area contributed by atoms with Crippen molar-refractivity contribution in [1.29, 1.82) is 0 Å². The minimum absolute atomic E-state index is 0.0359. The van der Waals surface area contributed by atoms with Gasteiger partial charge >= 0.3 is 0 Å². The molecule has 1 aliphatic heterocycles. The van der Waals surface area contributed by atoms with Crippen molar-refractivity contribution < 1.29 is 5.21 Å². The fraction of sp³-hybridized carbons (Fsp3) is 0.167. The first-order valence-corrected chi connectivity index (χ1v) is 7.04. The van der Waals surface area contributed by atoms with Crippen LogP contribution in [0.3, 0.4) is 0 Å². The Morgan fingerprint density at radius 2 is 1.81 bits per heavy atom. The van der Waals surface area contributed by atoms with E-state index in [0.717, 1.165) is 6.54 Å². The molecule has 2 aromatic rings. The zero-order valence-corrected chi connectivity index (χ0v) is 12.0. The molecule has 1 N–H and O–H groups in total. The van der Waals surface area contributed by atoms with E-state index in [1.165, 1.54) is 21.6 Å². The molecule has 106 valence electrons. The fourth-order valence-electron chi connectivity index (χ4n) is 2.58. The van der Waals surface area contributed by atoms with Gasteiger partial charge in [-0.1, -0.05) is 59.3 Å². The zero-order valence-electron chi connectivity index (χ0n) is 12.0. The summed E-state index contributed by atoms with van der Waals surface area (Å²) in [7, 11) is 0. The van der Waals surface area contributed by atoms with Gasteiger partial charge in [0.2, 0.25) is 0 Å². The summed E-state index contributed by atoms with van der Waals surface area (Å²) in [6, 6.07) is 16.7. The summed E-state index contributed by atoms with van der Waals surface area (Å²) in [5.41, 5.74) is 2.49. The third-order valence-electron chi connectivity index (χ3n) is 3.74. The van der Waals surface area contributed by atoms with Crippen LogP contribution in [0, 0.1) is 6.92 Å². The van der Waals surface area contributed by atoms with Crippen molar-refractivity contribution in [3.8, 4) is 0 Å². The minimum atomic E-state index is -0.0359. The zero-order chi connectivity index (χ0) is 14.7. The van der Waals surface area contributed by atoms with Crippen LogP contribution in [-0.4, -0.2) is 22.4 Å². The molecular formula is C18H18N2O. The first kappa shape index (κ1) is 13.4. The predicted octanol–water partition coefficient (Wildman–Crippen LogP) is 1.86. The molecule has 3 heteroatoms. The molecule has 0 radical (unpaired) electrons. The average molecular weight is 278 g/mol. The standard InChI is InChI=1S/C18H18N2O/c1-14-6-8-15(9-7-14)12-20-13-17-5-3-2-4-16(17)10-18(20)11-19-21/h2-11,13,18,21H,12H2,1H3/b19-11-/t18-/m1/s1. The maximum absolute atomic E-state index is 8.90. The lowest BCUT2D eigenvalue weighted by atomic mass is 10.1. The van der Waals surface area contributed by atoms with Crippen LogP contribution in [0.15, 0.2) is 53.7 Å². The molecule has 3 nitrogen and oxygen atoms in total. The molecule has 3 rings (SSSR count). The summed E-state index contributed by atoms with van der Waals surface area (Å²) in [6.07, 6.45) is 5.80. The first-order valence-electron chi connectivity index (χ1n) is 7.04. The van der Waals surface area contributed by atoms with Gasteiger partial charge in [-0.05, 0) is 29.0 Å².